The van der Waals surface area contributed by atoms with E-state index in [4.69, 9.17) is 0 Å². The van der Waals surface area contributed by atoms with Gasteiger partial charge in [0.25, 0.3) is 0 Å². The number of likely N-dealkylation sites (tertiary alicyclic amines) is 1. The Balaban J connectivity index is 1.35. The molecule has 2 fully saturated rings. The van der Waals surface area contributed by atoms with Crippen molar-refractivity contribution in [2.24, 2.45) is 5.92 Å². The molecule has 0 aromatic carbocycles. The van der Waals surface area contributed by atoms with Crippen molar-refractivity contribution in [3.63, 3.8) is 0 Å². The Morgan fingerprint density at radius 3 is 2.71 bits per heavy atom. The Hall–Kier alpha value is -1.89. The van der Waals surface area contributed by atoms with E-state index in [1.54, 1.807) is 0 Å². The van der Waals surface area contributed by atoms with Crippen molar-refractivity contribution in [2.75, 3.05) is 19.6 Å². The Labute approximate surface area is 167 Å². The molecule has 28 heavy (non-hydrogen) atoms. The molecule has 1 aliphatic carbocycles. The summed E-state index contributed by atoms with van der Waals surface area (Å²) in [5.74, 6) is 1.16. The quantitative estimate of drug-likeness (QED) is 0.773. The Morgan fingerprint density at radius 2 is 1.96 bits per heavy atom. The molecule has 2 atom stereocenters. The number of aromatic nitrogens is 2. The second-order valence-electron chi connectivity index (χ2n) is 8.70. The zero-order valence-corrected chi connectivity index (χ0v) is 17.2. The summed E-state index contributed by atoms with van der Waals surface area (Å²) >= 11 is 0. The van der Waals surface area contributed by atoms with Gasteiger partial charge in [-0.05, 0) is 44.6 Å². The minimum Gasteiger partial charge on any atom is -0.355 e. The number of nitrogens with zero attached hydrogens (tertiary/aromatic N) is 4. The van der Waals surface area contributed by atoms with Crippen LogP contribution in [-0.2, 0) is 22.7 Å². The van der Waals surface area contributed by atoms with Gasteiger partial charge >= 0.3 is 0 Å². The van der Waals surface area contributed by atoms with Gasteiger partial charge in [-0.15, -0.1) is 0 Å². The highest BCUT2D eigenvalue weighted by molar-refractivity contribution is 5.77. The van der Waals surface area contributed by atoms with Crippen LogP contribution in [0.4, 0.5) is 0 Å². The van der Waals surface area contributed by atoms with Crippen LogP contribution in [0.25, 0.3) is 0 Å². The summed E-state index contributed by atoms with van der Waals surface area (Å²) in [7, 11) is 0. The number of carbonyl (C=O) groups excluding carboxylic acids is 2. The average Bonchev–Trinajstić information content (AvgIpc) is 3.31. The lowest BCUT2D eigenvalue weighted by atomic mass is 10.1. The molecule has 1 saturated carbocycles. The van der Waals surface area contributed by atoms with E-state index in [2.05, 4.69) is 21.4 Å². The largest absolute Gasteiger partial charge is 0.355 e. The third-order valence-electron chi connectivity index (χ3n) is 6.48. The highest BCUT2D eigenvalue weighted by Gasteiger charge is 2.38. The molecule has 7 heteroatoms. The molecule has 0 unspecified atom stereocenters. The molecule has 0 spiro atoms. The molecule has 3 heterocycles. The van der Waals surface area contributed by atoms with Gasteiger partial charge < -0.3 is 10.2 Å². The highest BCUT2D eigenvalue weighted by atomic mass is 16.2. The van der Waals surface area contributed by atoms with Crippen LogP contribution in [0.2, 0.25) is 0 Å². The monoisotopic (exact) mass is 387 g/mol. The van der Waals surface area contributed by atoms with Gasteiger partial charge in [0.1, 0.15) is 0 Å². The molecule has 0 bridgehead atoms. The average molecular weight is 388 g/mol. The summed E-state index contributed by atoms with van der Waals surface area (Å²) < 4.78 is 2.03. The van der Waals surface area contributed by atoms with Crippen molar-refractivity contribution in [2.45, 2.75) is 77.5 Å². The third kappa shape index (κ3) is 4.40. The Kier molecular flexibility index (Phi) is 5.71. The number of amides is 2. The molecular weight excluding hydrogens is 354 g/mol. The maximum Gasteiger partial charge on any atom is 0.224 e. The first kappa shape index (κ1) is 19.4. The van der Waals surface area contributed by atoms with Gasteiger partial charge in [0, 0.05) is 44.6 Å². The van der Waals surface area contributed by atoms with Crippen LogP contribution in [0.15, 0.2) is 6.07 Å². The highest BCUT2D eigenvalue weighted by Crippen LogP contribution is 2.35. The van der Waals surface area contributed by atoms with E-state index in [1.807, 2.05) is 23.4 Å². The van der Waals surface area contributed by atoms with Crippen LogP contribution in [-0.4, -0.2) is 63.1 Å². The second kappa shape index (κ2) is 8.23. The summed E-state index contributed by atoms with van der Waals surface area (Å²) in [6.07, 6.45) is 5.86. The minimum absolute atomic E-state index is 0.117. The summed E-state index contributed by atoms with van der Waals surface area (Å²) in [5.41, 5.74) is 2.16. The number of hydrogen-bond acceptors (Lipinski definition) is 4. The third-order valence-corrected chi connectivity index (χ3v) is 6.48. The number of carbonyl (C=O) groups is 2. The molecule has 2 aliphatic heterocycles. The van der Waals surface area contributed by atoms with Crippen molar-refractivity contribution in [1.82, 2.24) is 24.9 Å². The van der Waals surface area contributed by atoms with Crippen LogP contribution in [0.1, 0.15) is 56.8 Å². The molecule has 1 aromatic rings. The Morgan fingerprint density at radius 1 is 1.18 bits per heavy atom. The minimum atomic E-state index is 0.117. The van der Waals surface area contributed by atoms with Crippen molar-refractivity contribution < 1.29 is 9.59 Å². The predicted octanol–water partition coefficient (Wildman–Crippen LogP) is 1.69. The van der Waals surface area contributed by atoms with Crippen molar-refractivity contribution >= 4 is 11.8 Å². The maximum atomic E-state index is 13.0. The molecule has 7 nitrogen and oxygen atoms in total. The maximum absolute atomic E-state index is 13.0. The van der Waals surface area contributed by atoms with Crippen LogP contribution in [0.5, 0.6) is 0 Å². The first-order valence-electron chi connectivity index (χ1n) is 10.9. The van der Waals surface area contributed by atoms with Gasteiger partial charge in [-0.3, -0.25) is 19.2 Å². The zero-order valence-electron chi connectivity index (χ0n) is 17.2. The van der Waals surface area contributed by atoms with E-state index in [9.17, 15) is 9.59 Å². The predicted molar refractivity (Wildman–Crippen MR) is 107 cm³/mol. The summed E-state index contributed by atoms with van der Waals surface area (Å²) in [4.78, 5) is 29.2. The lowest BCUT2D eigenvalue weighted by molar-refractivity contribution is -0.134. The molecule has 0 radical (unpaired) electrons. The van der Waals surface area contributed by atoms with Gasteiger partial charge in [0.2, 0.25) is 11.8 Å². The normalized spacial score (nSPS) is 25.0. The topological polar surface area (TPSA) is 70.5 Å². The fraction of sp³-hybridized carbons (Fsp3) is 0.762. The summed E-state index contributed by atoms with van der Waals surface area (Å²) in [6.45, 7) is 7.89. The van der Waals surface area contributed by atoms with Crippen LogP contribution >= 0.6 is 0 Å². The molecule has 1 saturated heterocycles. The van der Waals surface area contributed by atoms with Gasteiger partial charge in [-0.1, -0.05) is 6.92 Å². The van der Waals surface area contributed by atoms with Crippen molar-refractivity contribution in [1.29, 1.82) is 0 Å². The van der Waals surface area contributed by atoms with Gasteiger partial charge in [-0.2, -0.15) is 5.10 Å². The standard InChI is InChI=1S/C21H33N5O2/c1-3-20(27)22-12-18-7-6-17(25(18)13-16-4-5-16)11-21(28)24-8-9-26-19(14-24)10-15(2)23-26/h10,16-18H,3-9,11-14H2,1-2H3,(H,22,27)/t17-,18+/m1/s1. The molecule has 2 amide bonds. The van der Waals surface area contributed by atoms with E-state index in [-0.39, 0.29) is 11.8 Å². The van der Waals surface area contributed by atoms with E-state index in [0.717, 1.165) is 49.8 Å². The van der Waals surface area contributed by atoms with Crippen molar-refractivity contribution in [3.8, 4) is 0 Å². The van der Waals surface area contributed by atoms with Gasteiger partial charge in [0.15, 0.2) is 0 Å². The van der Waals surface area contributed by atoms with Crippen LogP contribution in [0.3, 0.4) is 0 Å². The Bertz CT molecular complexity index is 726. The molecule has 4 rings (SSSR count). The van der Waals surface area contributed by atoms with Crippen LogP contribution in [0, 0.1) is 12.8 Å². The molecule has 154 valence electrons. The second-order valence-corrected chi connectivity index (χ2v) is 8.70. The first-order chi connectivity index (χ1) is 13.5. The number of nitrogens with one attached hydrogen (secondary N) is 1. The van der Waals surface area contributed by atoms with Crippen LogP contribution < -0.4 is 5.32 Å². The van der Waals surface area contributed by atoms with E-state index < -0.39 is 0 Å². The van der Waals surface area contributed by atoms with E-state index in [1.165, 1.54) is 12.8 Å². The molecule has 1 aromatic heterocycles. The molecular formula is C21H33N5O2. The lowest BCUT2D eigenvalue weighted by Crippen LogP contribution is -2.46. The number of rotatable bonds is 7. The van der Waals surface area contributed by atoms with Gasteiger partial charge in [-0.25, -0.2) is 0 Å². The summed E-state index contributed by atoms with van der Waals surface area (Å²) in [6, 6.07) is 2.77. The zero-order chi connectivity index (χ0) is 19.7. The first-order valence-corrected chi connectivity index (χ1v) is 10.9. The molecule has 1 N–H and O–H groups in total. The SMILES string of the molecule is CCC(=O)NC[C@@H]1CC[C@H](CC(=O)N2CCn3nc(C)cc3C2)N1CC1CC1. The summed E-state index contributed by atoms with van der Waals surface area (Å²) in [5, 5.41) is 7.55. The van der Waals surface area contributed by atoms with E-state index >= 15 is 0 Å². The molecule has 3 aliphatic rings. The lowest BCUT2D eigenvalue weighted by Gasteiger charge is -2.33. The van der Waals surface area contributed by atoms with E-state index in [0.29, 0.717) is 38.0 Å². The fourth-order valence-corrected chi connectivity index (χ4v) is 4.66. The van der Waals surface area contributed by atoms with Crippen molar-refractivity contribution in [3.05, 3.63) is 17.5 Å². The number of aryl methyl sites for hydroxylation is 1. The number of fused-ring (bicyclic) bond motifs is 1. The van der Waals surface area contributed by atoms with Gasteiger partial charge in [0.05, 0.1) is 24.5 Å². The fourth-order valence-electron chi connectivity index (χ4n) is 4.66. The smallest absolute Gasteiger partial charge is 0.224 e. The number of hydrogen-bond donors (Lipinski definition) is 1.